The molecule has 0 spiro atoms. The van der Waals surface area contributed by atoms with Gasteiger partial charge < -0.3 is 20.3 Å². The number of carbonyl (C=O) groups excluding carboxylic acids is 1. The normalized spacial score (nSPS) is 10.7. The molecule has 0 amide bonds. The van der Waals surface area contributed by atoms with E-state index in [9.17, 15) is 9.90 Å². The minimum atomic E-state index is -0.158. The molecule has 0 aliphatic heterocycles. The fraction of sp³-hybridized carbons (Fsp3) is 0.381. The Balaban J connectivity index is 1.94. The van der Waals surface area contributed by atoms with Crippen molar-refractivity contribution in [1.82, 2.24) is 0 Å². The van der Waals surface area contributed by atoms with Crippen molar-refractivity contribution in [2.75, 3.05) is 18.9 Å². The molecule has 0 unspecified atom stereocenters. The van der Waals surface area contributed by atoms with E-state index in [0.717, 1.165) is 22.2 Å². The second kappa shape index (κ2) is 9.65. The summed E-state index contributed by atoms with van der Waals surface area (Å²) in [6.45, 7) is 6.36. The van der Waals surface area contributed by atoms with Gasteiger partial charge in [-0.3, -0.25) is 4.79 Å². The van der Waals surface area contributed by atoms with Gasteiger partial charge in [0, 0.05) is 28.2 Å². The summed E-state index contributed by atoms with van der Waals surface area (Å²) in [6.07, 6.45) is 2.17. The topological polar surface area (TPSA) is 81.8 Å². The number of halogens is 1. The third-order valence-electron chi connectivity index (χ3n) is 4.22. The van der Waals surface area contributed by atoms with Gasteiger partial charge in [-0.15, -0.1) is 0 Å². The number of ketones is 1. The predicted molar refractivity (Wildman–Crippen MR) is 111 cm³/mol. The Kier molecular flexibility index (Phi) is 7.54. The van der Waals surface area contributed by atoms with Crippen molar-refractivity contribution in [2.24, 2.45) is 0 Å². The van der Waals surface area contributed by atoms with E-state index < -0.39 is 0 Å². The number of carbonyl (C=O) groups is 1. The summed E-state index contributed by atoms with van der Waals surface area (Å²) in [5, 5.41) is 10.4. The third kappa shape index (κ3) is 5.39. The van der Waals surface area contributed by atoms with E-state index in [-0.39, 0.29) is 11.5 Å². The van der Waals surface area contributed by atoms with Crippen LogP contribution in [0, 0.1) is 6.92 Å². The van der Waals surface area contributed by atoms with Gasteiger partial charge in [-0.2, -0.15) is 0 Å². The Bertz CT molecular complexity index is 820. The molecule has 0 aromatic heterocycles. The van der Waals surface area contributed by atoms with Crippen molar-refractivity contribution in [3.05, 3.63) is 45.4 Å². The zero-order valence-corrected chi connectivity index (χ0v) is 17.6. The van der Waals surface area contributed by atoms with Crippen molar-refractivity contribution in [1.29, 1.82) is 0 Å². The Morgan fingerprint density at radius 3 is 2.48 bits per heavy atom. The number of Topliss-reactive ketones (excluding diaryl/α,β-unsaturated/α-hetero) is 1. The lowest BCUT2D eigenvalue weighted by atomic mass is 10.0. The second-order valence-electron chi connectivity index (χ2n) is 6.43. The molecule has 3 N–H and O–H groups in total. The van der Waals surface area contributed by atoms with Crippen LogP contribution in [0.1, 0.15) is 48.2 Å². The van der Waals surface area contributed by atoms with Crippen molar-refractivity contribution in [3.63, 3.8) is 0 Å². The van der Waals surface area contributed by atoms with Crippen LogP contribution in [0.3, 0.4) is 0 Å². The van der Waals surface area contributed by atoms with Gasteiger partial charge in [0.1, 0.15) is 17.2 Å². The first-order valence-corrected chi connectivity index (χ1v) is 9.81. The molecule has 0 fully saturated rings. The average Bonchev–Trinajstić information content (AvgIpc) is 2.61. The van der Waals surface area contributed by atoms with E-state index in [4.69, 9.17) is 15.2 Å². The minimum Gasteiger partial charge on any atom is -0.507 e. The second-order valence-corrected chi connectivity index (χ2v) is 7.29. The number of nitrogens with two attached hydrogens (primary N) is 1. The number of hydrogen-bond donors (Lipinski definition) is 2. The van der Waals surface area contributed by atoms with Crippen molar-refractivity contribution in [2.45, 2.75) is 40.0 Å². The molecule has 0 bridgehead atoms. The molecule has 6 heteroatoms. The van der Waals surface area contributed by atoms with E-state index in [1.165, 1.54) is 6.92 Å². The van der Waals surface area contributed by atoms with Gasteiger partial charge in [-0.1, -0.05) is 13.3 Å². The standard InChI is InChI=1S/C21H26BrNO4/c1-4-6-16-19(8-7-15(14(3)24)21(16)25)26-9-5-10-27-20-12-18(23)17(22)11-13(20)2/h7-8,11-12,25H,4-6,9-10,23H2,1-3H3. The van der Waals surface area contributed by atoms with Gasteiger partial charge in [0.15, 0.2) is 5.78 Å². The van der Waals surface area contributed by atoms with Gasteiger partial charge in [0.25, 0.3) is 0 Å². The van der Waals surface area contributed by atoms with Crippen LogP contribution in [0.2, 0.25) is 0 Å². The number of rotatable bonds is 9. The molecule has 0 radical (unpaired) electrons. The van der Waals surface area contributed by atoms with Crippen LogP contribution in [0.15, 0.2) is 28.7 Å². The largest absolute Gasteiger partial charge is 0.507 e. The van der Waals surface area contributed by atoms with E-state index in [2.05, 4.69) is 15.9 Å². The van der Waals surface area contributed by atoms with Gasteiger partial charge in [0.05, 0.1) is 18.8 Å². The molecule has 2 aromatic rings. The van der Waals surface area contributed by atoms with Crippen LogP contribution >= 0.6 is 15.9 Å². The van der Waals surface area contributed by atoms with E-state index >= 15 is 0 Å². The number of aromatic hydroxyl groups is 1. The molecule has 0 saturated heterocycles. The van der Waals surface area contributed by atoms with Gasteiger partial charge in [-0.25, -0.2) is 0 Å². The first kappa shape index (κ1) is 21.1. The molecule has 146 valence electrons. The Morgan fingerprint density at radius 2 is 1.85 bits per heavy atom. The van der Waals surface area contributed by atoms with Crippen LogP contribution in [0.4, 0.5) is 5.69 Å². The van der Waals surface area contributed by atoms with Crippen molar-refractivity contribution in [3.8, 4) is 17.2 Å². The average molecular weight is 436 g/mol. The summed E-state index contributed by atoms with van der Waals surface area (Å²) in [5.74, 6) is 1.24. The molecule has 2 rings (SSSR count). The molecule has 0 aliphatic rings. The van der Waals surface area contributed by atoms with Gasteiger partial charge >= 0.3 is 0 Å². The Morgan fingerprint density at radius 1 is 1.19 bits per heavy atom. The zero-order chi connectivity index (χ0) is 20.0. The summed E-state index contributed by atoms with van der Waals surface area (Å²) in [4.78, 5) is 11.6. The van der Waals surface area contributed by atoms with Gasteiger partial charge in [0.2, 0.25) is 0 Å². The third-order valence-corrected chi connectivity index (χ3v) is 4.90. The van der Waals surface area contributed by atoms with Crippen LogP contribution in [-0.4, -0.2) is 24.1 Å². The van der Waals surface area contributed by atoms with E-state index in [0.29, 0.717) is 48.6 Å². The summed E-state index contributed by atoms with van der Waals surface area (Å²) < 4.78 is 12.5. The minimum absolute atomic E-state index is 0.0269. The molecule has 2 aromatic carbocycles. The SMILES string of the molecule is CCCc1c(OCCCOc2cc(N)c(Br)cc2C)ccc(C(C)=O)c1O. The molecule has 0 atom stereocenters. The molecule has 0 saturated carbocycles. The summed E-state index contributed by atoms with van der Waals surface area (Å²) >= 11 is 3.40. The monoisotopic (exact) mass is 435 g/mol. The highest BCUT2D eigenvalue weighted by Crippen LogP contribution is 2.33. The van der Waals surface area contributed by atoms with E-state index in [1.54, 1.807) is 18.2 Å². The van der Waals surface area contributed by atoms with Crippen LogP contribution < -0.4 is 15.2 Å². The smallest absolute Gasteiger partial charge is 0.163 e. The fourth-order valence-corrected chi connectivity index (χ4v) is 3.23. The number of anilines is 1. The molecule has 27 heavy (non-hydrogen) atoms. The molecular formula is C21H26BrNO4. The number of phenolic OH excluding ortho intramolecular Hbond substituents is 1. The highest BCUT2D eigenvalue weighted by atomic mass is 79.9. The maximum atomic E-state index is 11.6. The quantitative estimate of drug-likeness (QED) is 0.327. The summed E-state index contributed by atoms with van der Waals surface area (Å²) in [7, 11) is 0. The van der Waals surface area contributed by atoms with Crippen LogP contribution in [0.25, 0.3) is 0 Å². The fourth-order valence-electron chi connectivity index (χ4n) is 2.78. The number of phenols is 1. The predicted octanol–water partition coefficient (Wildman–Crippen LogP) is 5.05. The number of benzene rings is 2. The maximum Gasteiger partial charge on any atom is 0.163 e. The number of aryl methyl sites for hydroxylation is 1. The number of ether oxygens (including phenoxy) is 2. The highest BCUT2D eigenvalue weighted by Gasteiger charge is 2.15. The lowest BCUT2D eigenvalue weighted by Crippen LogP contribution is -2.08. The lowest BCUT2D eigenvalue weighted by molar-refractivity contribution is 0.101. The first-order valence-electron chi connectivity index (χ1n) is 9.02. The number of nitrogen functional groups attached to an aromatic ring is 1. The van der Waals surface area contributed by atoms with E-state index in [1.807, 2.05) is 19.9 Å². The summed E-state index contributed by atoms with van der Waals surface area (Å²) in [5.41, 5.74) is 8.55. The lowest BCUT2D eigenvalue weighted by Gasteiger charge is -2.15. The molecular weight excluding hydrogens is 410 g/mol. The molecule has 0 aliphatic carbocycles. The van der Waals surface area contributed by atoms with Crippen molar-refractivity contribution >= 4 is 27.4 Å². The zero-order valence-electron chi connectivity index (χ0n) is 16.0. The number of hydrogen-bond acceptors (Lipinski definition) is 5. The highest BCUT2D eigenvalue weighted by molar-refractivity contribution is 9.10. The van der Waals surface area contributed by atoms with Crippen LogP contribution in [-0.2, 0) is 6.42 Å². The van der Waals surface area contributed by atoms with Crippen molar-refractivity contribution < 1.29 is 19.4 Å². The molecule has 0 heterocycles. The van der Waals surface area contributed by atoms with Gasteiger partial charge in [-0.05, 0) is 60.0 Å². The van der Waals surface area contributed by atoms with Crippen LogP contribution in [0.5, 0.6) is 17.2 Å². The Hall–Kier alpha value is -2.21. The Labute approximate surface area is 168 Å². The maximum absolute atomic E-state index is 11.6. The summed E-state index contributed by atoms with van der Waals surface area (Å²) in [6, 6.07) is 7.09. The molecule has 5 nitrogen and oxygen atoms in total. The first-order chi connectivity index (χ1) is 12.8.